The highest BCUT2D eigenvalue weighted by Gasteiger charge is 2.20. The predicted octanol–water partition coefficient (Wildman–Crippen LogP) is 2.22. The lowest BCUT2D eigenvalue weighted by Gasteiger charge is -2.20. The van der Waals surface area contributed by atoms with Crippen LogP contribution < -0.4 is 5.56 Å². The summed E-state index contributed by atoms with van der Waals surface area (Å²) in [5.74, 6) is 0.436. The van der Waals surface area contributed by atoms with E-state index in [1.165, 1.54) is 0 Å². The molecule has 0 spiro atoms. The first-order chi connectivity index (χ1) is 7.84. The van der Waals surface area contributed by atoms with Crippen molar-refractivity contribution < 1.29 is 0 Å². The highest BCUT2D eigenvalue weighted by atomic mass is 32.1. The molecule has 0 aliphatic heterocycles. The second-order valence-corrected chi connectivity index (χ2v) is 5.53. The summed E-state index contributed by atoms with van der Waals surface area (Å²) < 4.78 is 1.86. The molecule has 0 bridgehead atoms. The standard InChI is InChI=1S/C12H17N3OS/c1-7-9-5-8(6-17)11(16)13-10(9)15(14-7)12(2,3)4/h5,17H,6H2,1-4H3,(H,13,16). The number of aromatic amines is 1. The van der Waals surface area contributed by atoms with Crippen LogP contribution in [0.5, 0.6) is 0 Å². The Bertz CT molecular complexity index is 619. The predicted molar refractivity (Wildman–Crippen MR) is 72.8 cm³/mol. The molecule has 0 atom stereocenters. The zero-order valence-electron chi connectivity index (χ0n) is 10.5. The number of aromatic nitrogens is 3. The van der Waals surface area contributed by atoms with Gasteiger partial charge in [-0.15, -0.1) is 0 Å². The van der Waals surface area contributed by atoms with Crippen molar-refractivity contribution in [3.63, 3.8) is 0 Å². The quantitative estimate of drug-likeness (QED) is 0.764. The Kier molecular flexibility index (Phi) is 2.81. The Labute approximate surface area is 105 Å². The number of rotatable bonds is 1. The van der Waals surface area contributed by atoms with Crippen molar-refractivity contribution in [1.29, 1.82) is 0 Å². The third-order valence-corrected chi connectivity index (χ3v) is 3.10. The van der Waals surface area contributed by atoms with E-state index < -0.39 is 0 Å². The summed E-state index contributed by atoms with van der Waals surface area (Å²) in [4.78, 5) is 14.7. The fraction of sp³-hybridized carbons (Fsp3) is 0.500. The van der Waals surface area contributed by atoms with Gasteiger partial charge in [0, 0.05) is 16.7 Å². The fourth-order valence-corrected chi connectivity index (χ4v) is 2.10. The molecule has 4 nitrogen and oxygen atoms in total. The minimum atomic E-state index is -0.155. The molecule has 0 saturated heterocycles. The van der Waals surface area contributed by atoms with Crippen LogP contribution in [0, 0.1) is 6.92 Å². The maximum absolute atomic E-state index is 11.8. The molecule has 2 heterocycles. The largest absolute Gasteiger partial charge is 0.306 e. The topological polar surface area (TPSA) is 50.7 Å². The van der Waals surface area contributed by atoms with Gasteiger partial charge in [-0.25, -0.2) is 4.68 Å². The van der Waals surface area contributed by atoms with Crippen LogP contribution in [0.1, 0.15) is 32.0 Å². The lowest BCUT2D eigenvalue weighted by molar-refractivity contribution is 0.364. The van der Waals surface area contributed by atoms with Gasteiger partial charge in [-0.2, -0.15) is 17.7 Å². The molecule has 2 aromatic rings. The number of fused-ring (bicyclic) bond motifs is 1. The highest BCUT2D eigenvalue weighted by molar-refractivity contribution is 7.79. The zero-order valence-corrected chi connectivity index (χ0v) is 11.4. The van der Waals surface area contributed by atoms with Crippen molar-refractivity contribution in [3.8, 4) is 0 Å². The molecule has 17 heavy (non-hydrogen) atoms. The minimum absolute atomic E-state index is 0.0853. The smallest absolute Gasteiger partial charge is 0.253 e. The lowest BCUT2D eigenvalue weighted by atomic mass is 10.1. The fourth-order valence-electron chi connectivity index (χ4n) is 1.86. The van der Waals surface area contributed by atoms with Crippen molar-refractivity contribution in [1.82, 2.24) is 14.8 Å². The van der Waals surface area contributed by atoms with Crippen molar-refractivity contribution in [2.45, 2.75) is 39.0 Å². The Morgan fingerprint density at radius 1 is 1.47 bits per heavy atom. The maximum Gasteiger partial charge on any atom is 0.253 e. The van der Waals surface area contributed by atoms with E-state index in [0.717, 1.165) is 16.7 Å². The second kappa shape index (κ2) is 3.91. The summed E-state index contributed by atoms with van der Waals surface area (Å²) in [6, 6.07) is 1.88. The van der Waals surface area contributed by atoms with E-state index in [4.69, 9.17) is 0 Å². The number of hydrogen-bond donors (Lipinski definition) is 2. The summed E-state index contributed by atoms with van der Waals surface area (Å²) in [5.41, 5.74) is 2.15. The molecule has 5 heteroatoms. The summed E-state index contributed by atoms with van der Waals surface area (Å²) in [6.45, 7) is 8.13. The van der Waals surface area contributed by atoms with Gasteiger partial charge in [-0.1, -0.05) is 0 Å². The SMILES string of the molecule is Cc1nn(C(C)(C)C)c2[nH]c(=O)c(CS)cc12. The summed E-state index contributed by atoms with van der Waals surface area (Å²) in [7, 11) is 0. The van der Waals surface area contributed by atoms with E-state index in [-0.39, 0.29) is 11.1 Å². The van der Waals surface area contributed by atoms with Crippen LogP contribution in [0.2, 0.25) is 0 Å². The average molecular weight is 251 g/mol. The maximum atomic E-state index is 11.8. The summed E-state index contributed by atoms with van der Waals surface area (Å²) in [6.07, 6.45) is 0. The number of nitrogens with zero attached hydrogens (tertiary/aromatic N) is 2. The minimum Gasteiger partial charge on any atom is -0.306 e. The van der Waals surface area contributed by atoms with Crippen molar-refractivity contribution in [2.24, 2.45) is 0 Å². The third kappa shape index (κ3) is 1.99. The third-order valence-electron chi connectivity index (χ3n) is 2.75. The first-order valence-corrected chi connectivity index (χ1v) is 6.20. The van der Waals surface area contributed by atoms with Crippen molar-refractivity contribution >= 4 is 23.7 Å². The van der Waals surface area contributed by atoms with Crippen LogP contribution in [-0.2, 0) is 11.3 Å². The molecule has 2 rings (SSSR count). The van der Waals surface area contributed by atoms with Crippen molar-refractivity contribution in [3.05, 3.63) is 27.7 Å². The average Bonchev–Trinajstić information content (AvgIpc) is 2.54. The number of nitrogens with one attached hydrogen (secondary N) is 1. The van der Waals surface area contributed by atoms with E-state index >= 15 is 0 Å². The number of thiol groups is 1. The molecule has 0 aromatic carbocycles. The molecule has 0 saturated carbocycles. The van der Waals surface area contributed by atoms with Crippen molar-refractivity contribution in [2.75, 3.05) is 0 Å². The normalized spacial score (nSPS) is 12.3. The number of H-pyrrole nitrogens is 1. The highest BCUT2D eigenvalue weighted by Crippen LogP contribution is 2.22. The van der Waals surface area contributed by atoms with Gasteiger partial charge >= 0.3 is 0 Å². The lowest BCUT2D eigenvalue weighted by Crippen LogP contribution is -2.24. The Morgan fingerprint density at radius 2 is 2.12 bits per heavy atom. The molecule has 1 N–H and O–H groups in total. The molecule has 0 aliphatic carbocycles. The first kappa shape index (κ1) is 12.2. The van der Waals surface area contributed by atoms with Gasteiger partial charge in [-0.05, 0) is 33.8 Å². The molecular formula is C12H17N3OS. The van der Waals surface area contributed by atoms with E-state index in [1.807, 2.05) is 17.7 Å². The Balaban J connectivity index is 2.84. The molecule has 0 unspecified atom stereocenters. The van der Waals surface area contributed by atoms with Crippen LogP contribution >= 0.6 is 12.6 Å². The first-order valence-electron chi connectivity index (χ1n) is 5.57. The van der Waals surface area contributed by atoms with Gasteiger partial charge in [0.1, 0.15) is 5.65 Å². The summed E-state index contributed by atoms with van der Waals surface area (Å²) >= 11 is 4.16. The van der Waals surface area contributed by atoms with Gasteiger partial charge in [0.15, 0.2) is 0 Å². The molecule has 92 valence electrons. The van der Waals surface area contributed by atoms with Crippen LogP contribution in [-0.4, -0.2) is 14.8 Å². The van der Waals surface area contributed by atoms with E-state index in [0.29, 0.717) is 11.3 Å². The van der Waals surface area contributed by atoms with Gasteiger partial charge in [0.05, 0.1) is 11.2 Å². The molecule has 0 radical (unpaired) electrons. The monoisotopic (exact) mass is 251 g/mol. The molecule has 2 aromatic heterocycles. The molecular weight excluding hydrogens is 234 g/mol. The van der Waals surface area contributed by atoms with Gasteiger partial charge in [0.25, 0.3) is 5.56 Å². The molecule has 0 aliphatic rings. The van der Waals surface area contributed by atoms with Gasteiger partial charge in [0.2, 0.25) is 0 Å². The molecule has 0 fully saturated rings. The molecule has 0 amide bonds. The van der Waals surface area contributed by atoms with E-state index in [1.54, 1.807) is 0 Å². The van der Waals surface area contributed by atoms with E-state index in [9.17, 15) is 4.79 Å². The van der Waals surface area contributed by atoms with Crippen LogP contribution in [0.15, 0.2) is 10.9 Å². The van der Waals surface area contributed by atoms with Gasteiger partial charge < -0.3 is 4.98 Å². The second-order valence-electron chi connectivity index (χ2n) is 5.21. The zero-order chi connectivity index (χ0) is 12.8. The number of pyridine rings is 1. The van der Waals surface area contributed by atoms with Crippen LogP contribution in [0.4, 0.5) is 0 Å². The Hall–Kier alpha value is -1.23. The van der Waals surface area contributed by atoms with E-state index in [2.05, 4.69) is 43.5 Å². The number of hydrogen-bond acceptors (Lipinski definition) is 3. The summed E-state index contributed by atoms with van der Waals surface area (Å²) in [5, 5.41) is 5.49. The van der Waals surface area contributed by atoms with Crippen LogP contribution in [0.25, 0.3) is 11.0 Å². The number of aryl methyl sites for hydroxylation is 1. The Morgan fingerprint density at radius 3 is 2.65 bits per heavy atom. The van der Waals surface area contributed by atoms with Crippen LogP contribution in [0.3, 0.4) is 0 Å². The van der Waals surface area contributed by atoms with Gasteiger partial charge in [-0.3, -0.25) is 4.79 Å².